The fraction of sp³-hybridized carbons (Fsp3) is 0.462. The van der Waals surface area contributed by atoms with Crippen LogP contribution in [-0.4, -0.2) is 20.0 Å². The number of nitrogens with one attached hydrogen (secondary N) is 1. The Morgan fingerprint density at radius 3 is 2.35 bits per heavy atom. The van der Waals surface area contributed by atoms with Gasteiger partial charge in [-0.3, -0.25) is 0 Å². The molecule has 0 aliphatic carbocycles. The zero-order valence-corrected chi connectivity index (χ0v) is 14.1. The van der Waals surface area contributed by atoms with E-state index in [1.54, 1.807) is 20.8 Å². The van der Waals surface area contributed by atoms with Gasteiger partial charge < -0.3 is 5.11 Å². The first-order chi connectivity index (χ1) is 8.98. The average Bonchev–Trinajstić information content (AvgIpc) is 2.30. The first-order valence-electron chi connectivity index (χ1n) is 5.87. The van der Waals surface area contributed by atoms with Crippen molar-refractivity contribution in [3.63, 3.8) is 0 Å². The predicted molar refractivity (Wildman–Crippen MR) is 80.1 cm³/mol. The number of halogens is 2. The molecule has 0 saturated carbocycles. The number of carboxylic acids is 1. The molecule has 1 aromatic carbocycles. The Morgan fingerprint density at radius 2 is 1.90 bits per heavy atom. The number of carbonyl (C=O) groups is 1. The third-order valence-corrected chi connectivity index (χ3v) is 4.95. The quantitative estimate of drug-likeness (QED) is 0.861. The molecule has 1 aromatic rings. The Kier molecular flexibility index (Phi) is 5.10. The number of benzene rings is 1. The van der Waals surface area contributed by atoms with Crippen LogP contribution >= 0.6 is 15.9 Å². The molecule has 112 valence electrons. The minimum atomic E-state index is -1.79. The molecule has 2 N–H and O–H groups in total. The smallest absolute Gasteiger partial charge is 0.329 e. The van der Waals surface area contributed by atoms with Crippen LogP contribution in [0.2, 0.25) is 0 Å². The fourth-order valence-corrected chi connectivity index (χ4v) is 2.67. The highest BCUT2D eigenvalue weighted by atomic mass is 79.9. The molecule has 0 fully saturated rings. The lowest BCUT2D eigenvalue weighted by Crippen LogP contribution is -2.51. The highest BCUT2D eigenvalue weighted by Crippen LogP contribution is 2.28. The van der Waals surface area contributed by atoms with E-state index < -0.39 is 33.1 Å². The molecule has 20 heavy (non-hydrogen) atoms. The van der Waals surface area contributed by atoms with E-state index in [0.717, 1.165) is 0 Å². The number of hydrogen-bond acceptors (Lipinski definition) is 2. The van der Waals surface area contributed by atoms with Crippen LogP contribution in [0.3, 0.4) is 0 Å². The molecule has 0 aromatic heterocycles. The summed E-state index contributed by atoms with van der Waals surface area (Å²) in [6.45, 7) is 6.41. The van der Waals surface area contributed by atoms with Crippen molar-refractivity contribution in [2.45, 2.75) is 38.0 Å². The molecule has 0 heterocycles. The van der Waals surface area contributed by atoms with Crippen molar-refractivity contribution in [3.8, 4) is 0 Å². The molecule has 7 heteroatoms. The van der Waals surface area contributed by atoms with E-state index >= 15 is 0 Å². The van der Waals surface area contributed by atoms with E-state index in [-0.39, 0.29) is 5.56 Å². The molecule has 0 bridgehead atoms. The van der Waals surface area contributed by atoms with Crippen molar-refractivity contribution in [1.29, 1.82) is 0 Å². The van der Waals surface area contributed by atoms with Crippen LogP contribution in [0.15, 0.2) is 22.7 Å². The monoisotopic (exact) mass is 365 g/mol. The van der Waals surface area contributed by atoms with Crippen LogP contribution in [-0.2, 0) is 21.3 Å². The lowest BCUT2D eigenvalue weighted by atomic mass is 9.93. The normalized spacial score (nSPS) is 16.5. The number of hydrogen-bond donors (Lipinski definition) is 2. The first-order valence-corrected chi connectivity index (χ1v) is 7.81. The summed E-state index contributed by atoms with van der Waals surface area (Å²) in [5.41, 5.74) is -1.86. The fourth-order valence-electron chi connectivity index (χ4n) is 1.43. The summed E-state index contributed by atoms with van der Waals surface area (Å²) < 4.78 is 28.5. The number of aliphatic carboxylic acids is 1. The molecule has 0 radical (unpaired) electrons. The Bertz CT molecular complexity index is 559. The molecule has 0 amide bonds. The second kappa shape index (κ2) is 5.91. The maximum absolute atomic E-state index is 13.9. The molecule has 0 aliphatic heterocycles. The summed E-state index contributed by atoms with van der Waals surface area (Å²) >= 11 is 3.18. The van der Waals surface area contributed by atoms with Gasteiger partial charge in [-0.15, -0.1) is 0 Å². The minimum Gasteiger partial charge on any atom is -0.480 e. The van der Waals surface area contributed by atoms with E-state index in [2.05, 4.69) is 20.7 Å². The van der Waals surface area contributed by atoms with Crippen LogP contribution in [0, 0.1) is 5.82 Å². The maximum atomic E-state index is 13.9. The molecular weight excluding hydrogens is 349 g/mol. The molecule has 0 aliphatic rings. The molecular formula is C13H17BrFNO3S. The molecule has 0 spiro atoms. The van der Waals surface area contributed by atoms with Gasteiger partial charge in [-0.2, -0.15) is 0 Å². The van der Waals surface area contributed by atoms with E-state index in [1.807, 2.05) is 0 Å². The zero-order valence-electron chi connectivity index (χ0n) is 11.7. The van der Waals surface area contributed by atoms with E-state index in [0.29, 0.717) is 4.47 Å². The predicted octanol–water partition coefficient (Wildman–Crippen LogP) is 2.94. The van der Waals surface area contributed by atoms with Crippen LogP contribution in [0.4, 0.5) is 4.39 Å². The van der Waals surface area contributed by atoms with E-state index in [1.165, 1.54) is 25.1 Å². The van der Waals surface area contributed by atoms with Gasteiger partial charge in [-0.25, -0.2) is 18.1 Å². The molecule has 2 atom stereocenters. The van der Waals surface area contributed by atoms with Crippen molar-refractivity contribution in [3.05, 3.63) is 34.1 Å². The summed E-state index contributed by atoms with van der Waals surface area (Å²) in [4.78, 5) is 11.6. The SMILES string of the molecule is CC(NS(=O)C(C)(C)C)(C(=O)O)c1cc(Br)ccc1F. The number of rotatable bonds is 4. The van der Waals surface area contributed by atoms with Gasteiger partial charge in [0.15, 0.2) is 5.54 Å². The van der Waals surface area contributed by atoms with Crippen LogP contribution < -0.4 is 4.72 Å². The van der Waals surface area contributed by atoms with Gasteiger partial charge in [0.2, 0.25) is 0 Å². The topological polar surface area (TPSA) is 66.4 Å². The summed E-state index contributed by atoms with van der Waals surface area (Å²) in [6.07, 6.45) is 0. The summed E-state index contributed by atoms with van der Waals surface area (Å²) in [5, 5.41) is 9.44. The van der Waals surface area contributed by atoms with Crippen molar-refractivity contribution in [1.82, 2.24) is 4.72 Å². The van der Waals surface area contributed by atoms with Gasteiger partial charge in [0.25, 0.3) is 0 Å². The lowest BCUT2D eigenvalue weighted by Gasteiger charge is -2.30. The Hall–Kier alpha value is -0.790. The van der Waals surface area contributed by atoms with Gasteiger partial charge >= 0.3 is 5.97 Å². The van der Waals surface area contributed by atoms with Crippen molar-refractivity contribution in [2.75, 3.05) is 0 Å². The van der Waals surface area contributed by atoms with E-state index in [9.17, 15) is 18.5 Å². The standard InChI is InChI=1S/C13H17BrFNO3S/c1-12(2,3)20(19)16-13(4,11(17)18)9-7-8(14)5-6-10(9)15/h5-7,16H,1-4H3,(H,17,18). The van der Waals surface area contributed by atoms with Gasteiger partial charge in [0.1, 0.15) is 5.82 Å². The molecule has 4 nitrogen and oxygen atoms in total. The van der Waals surface area contributed by atoms with Crippen LogP contribution in [0.1, 0.15) is 33.3 Å². The Balaban J connectivity index is 3.32. The van der Waals surface area contributed by atoms with Gasteiger partial charge in [-0.1, -0.05) is 15.9 Å². The van der Waals surface area contributed by atoms with Gasteiger partial charge in [0, 0.05) is 10.0 Å². The molecule has 2 unspecified atom stereocenters. The first kappa shape index (κ1) is 17.3. The third-order valence-electron chi connectivity index (χ3n) is 2.75. The minimum absolute atomic E-state index is 0.0722. The summed E-state index contributed by atoms with van der Waals surface area (Å²) in [6, 6.07) is 4.01. The summed E-state index contributed by atoms with van der Waals surface area (Å²) in [5.74, 6) is -1.97. The van der Waals surface area contributed by atoms with E-state index in [4.69, 9.17) is 0 Å². The third kappa shape index (κ3) is 3.65. The van der Waals surface area contributed by atoms with Crippen molar-refractivity contribution in [2.24, 2.45) is 0 Å². The maximum Gasteiger partial charge on any atom is 0.329 e. The van der Waals surface area contributed by atoms with Gasteiger partial charge in [0.05, 0.1) is 15.7 Å². The molecule has 1 rings (SSSR count). The molecule has 0 saturated heterocycles. The van der Waals surface area contributed by atoms with Crippen molar-refractivity contribution < 1.29 is 18.5 Å². The second-order valence-electron chi connectivity index (χ2n) is 5.54. The highest BCUT2D eigenvalue weighted by Gasteiger charge is 2.41. The second-order valence-corrected chi connectivity index (χ2v) is 8.42. The average molecular weight is 366 g/mol. The summed E-state index contributed by atoms with van der Waals surface area (Å²) in [7, 11) is -1.66. The Morgan fingerprint density at radius 1 is 1.35 bits per heavy atom. The van der Waals surface area contributed by atoms with Crippen molar-refractivity contribution >= 4 is 32.9 Å². The van der Waals surface area contributed by atoms with Crippen LogP contribution in [0.5, 0.6) is 0 Å². The zero-order chi connectivity index (χ0) is 15.7. The number of carboxylic acid groups (broad SMARTS) is 1. The highest BCUT2D eigenvalue weighted by molar-refractivity contribution is 9.10. The largest absolute Gasteiger partial charge is 0.480 e. The lowest BCUT2D eigenvalue weighted by molar-refractivity contribution is -0.143. The Labute approximate surface area is 128 Å². The van der Waals surface area contributed by atoms with Gasteiger partial charge in [-0.05, 0) is 45.9 Å². The van der Waals surface area contributed by atoms with Crippen LogP contribution in [0.25, 0.3) is 0 Å².